The van der Waals surface area contributed by atoms with Gasteiger partial charge in [-0.2, -0.15) is 9.57 Å². The molecule has 1 fully saturated rings. The van der Waals surface area contributed by atoms with Crippen LogP contribution < -0.4 is 0 Å². The van der Waals surface area contributed by atoms with Crippen LogP contribution in [0.25, 0.3) is 0 Å². The number of rotatable bonds is 3. The standard InChI is InChI=1S/C14H18N2O2S/c1-11-5-7-13(8-6-11)19(17,18)16-9-3-4-14(16)12(2)10-15/h5-8,12,14H,3-4,9H2,1-2H3. The molecule has 2 atom stereocenters. The second-order valence-corrected chi connectivity index (χ2v) is 6.95. The summed E-state index contributed by atoms with van der Waals surface area (Å²) in [6, 6.07) is 8.83. The number of benzene rings is 1. The Hall–Kier alpha value is -1.38. The van der Waals surface area contributed by atoms with Crippen molar-refractivity contribution in [3.8, 4) is 6.07 Å². The highest BCUT2D eigenvalue weighted by Gasteiger charge is 2.38. The van der Waals surface area contributed by atoms with Gasteiger partial charge in [0.25, 0.3) is 0 Å². The monoisotopic (exact) mass is 278 g/mol. The fourth-order valence-corrected chi connectivity index (χ4v) is 4.26. The molecule has 1 saturated heterocycles. The number of nitrogens with zero attached hydrogens (tertiary/aromatic N) is 2. The van der Waals surface area contributed by atoms with E-state index in [-0.39, 0.29) is 12.0 Å². The fraction of sp³-hybridized carbons (Fsp3) is 0.500. The van der Waals surface area contributed by atoms with E-state index in [1.54, 1.807) is 31.2 Å². The van der Waals surface area contributed by atoms with Gasteiger partial charge in [-0.3, -0.25) is 0 Å². The number of aryl methyl sites for hydroxylation is 1. The van der Waals surface area contributed by atoms with Gasteiger partial charge in [-0.05, 0) is 38.8 Å². The van der Waals surface area contributed by atoms with Crippen molar-refractivity contribution in [1.29, 1.82) is 5.26 Å². The van der Waals surface area contributed by atoms with Gasteiger partial charge < -0.3 is 0 Å². The largest absolute Gasteiger partial charge is 0.243 e. The van der Waals surface area contributed by atoms with Crippen molar-refractivity contribution >= 4 is 10.0 Å². The first-order chi connectivity index (χ1) is 8.96. The van der Waals surface area contributed by atoms with Crippen LogP contribution in [0.5, 0.6) is 0 Å². The van der Waals surface area contributed by atoms with Crippen molar-refractivity contribution in [2.75, 3.05) is 6.54 Å². The van der Waals surface area contributed by atoms with Crippen molar-refractivity contribution < 1.29 is 8.42 Å². The van der Waals surface area contributed by atoms with Gasteiger partial charge in [-0.1, -0.05) is 17.7 Å². The molecule has 102 valence electrons. The number of hydrogen-bond donors (Lipinski definition) is 0. The topological polar surface area (TPSA) is 61.2 Å². The van der Waals surface area contributed by atoms with Gasteiger partial charge in [-0.15, -0.1) is 0 Å². The summed E-state index contributed by atoms with van der Waals surface area (Å²) < 4.78 is 26.7. The smallest absolute Gasteiger partial charge is 0.207 e. The van der Waals surface area contributed by atoms with Gasteiger partial charge in [-0.25, -0.2) is 8.42 Å². The van der Waals surface area contributed by atoms with E-state index in [0.29, 0.717) is 11.4 Å². The maximum Gasteiger partial charge on any atom is 0.243 e. The van der Waals surface area contributed by atoms with Crippen LogP contribution in [0, 0.1) is 24.2 Å². The molecule has 1 aliphatic rings. The quantitative estimate of drug-likeness (QED) is 0.852. The third kappa shape index (κ3) is 2.65. The zero-order valence-corrected chi connectivity index (χ0v) is 12.0. The summed E-state index contributed by atoms with van der Waals surface area (Å²) in [4.78, 5) is 0.315. The molecule has 4 nitrogen and oxygen atoms in total. The van der Waals surface area contributed by atoms with E-state index in [4.69, 9.17) is 5.26 Å². The predicted octanol–water partition coefficient (Wildman–Crippen LogP) is 2.31. The van der Waals surface area contributed by atoms with E-state index < -0.39 is 10.0 Å². The van der Waals surface area contributed by atoms with Gasteiger partial charge >= 0.3 is 0 Å². The normalized spacial score (nSPS) is 22.1. The summed E-state index contributed by atoms with van der Waals surface area (Å²) in [6.07, 6.45) is 1.58. The molecule has 0 radical (unpaired) electrons. The van der Waals surface area contributed by atoms with Crippen LogP contribution in [-0.2, 0) is 10.0 Å². The molecule has 0 bridgehead atoms. The van der Waals surface area contributed by atoms with Crippen molar-refractivity contribution in [3.63, 3.8) is 0 Å². The maximum atomic E-state index is 12.6. The van der Waals surface area contributed by atoms with Crippen LogP contribution in [0.1, 0.15) is 25.3 Å². The molecule has 5 heteroatoms. The lowest BCUT2D eigenvalue weighted by atomic mass is 10.0. The lowest BCUT2D eigenvalue weighted by molar-refractivity contribution is 0.340. The summed E-state index contributed by atoms with van der Waals surface area (Å²) in [6.45, 7) is 4.22. The molecule has 2 unspecified atom stereocenters. The Morgan fingerprint density at radius 1 is 1.37 bits per heavy atom. The third-order valence-corrected chi connectivity index (χ3v) is 5.60. The van der Waals surface area contributed by atoms with Crippen molar-refractivity contribution in [1.82, 2.24) is 4.31 Å². The molecule has 0 aliphatic carbocycles. The van der Waals surface area contributed by atoms with Crippen molar-refractivity contribution in [3.05, 3.63) is 29.8 Å². The van der Waals surface area contributed by atoms with Crippen LogP contribution in [0.2, 0.25) is 0 Å². The molecular formula is C14H18N2O2S. The minimum absolute atomic E-state index is 0.198. The Balaban J connectivity index is 2.34. The average Bonchev–Trinajstić information content (AvgIpc) is 2.88. The van der Waals surface area contributed by atoms with E-state index in [2.05, 4.69) is 6.07 Å². The molecule has 1 aromatic carbocycles. The second kappa shape index (κ2) is 5.32. The van der Waals surface area contributed by atoms with Gasteiger partial charge in [0.05, 0.1) is 16.9 Å². The minimum atomic E-state index is -3.48. The molecule has 0 spiro atoms. The van der Waals surface area contributed by atoms with Gasteiger partial charge in [0.2, 0.25) is 10.0 Å². The summed E-state index contributed by atoms with van der Waals surface area (Å²) >= 11 is 0. The molecule has 0 amide bonds. The van der Waals surface area contributed by atoms with E-state index in [1.165, 1.54) is 4.31 Å². The van der Waals surface area contributed by atoms with E-state index in [1.807, 2.05) is 6.92 Å². The summed E-state index contributed by atoms with van der Waals surface area (Å²) in [5, 5.41) is 9.01. The number of hydrogen-bond acceptors (Lipinski definition) is 3. The molecule has 19 heavy (non-hydrogen) atoms. The molecule has 2 rings (SSSR count). The van der Waals surface area contributed by atoms with E-state index in [0.717, 1.165) is 18.4 Å². The molecule has 0 saturated carbocycles. The Morgan fingerprint density at radius 2 is 2.00 bits per heavy atom. The molecule has 1 aliphatic heterocycles. The van der Waals surface area contributed by atoms with Crippen molar-refractivity contribution in [2.45, 2.75) is 37.6 Å². The highest BCUT2D eigenvalue weighted by molar-refractivity contribution is 7.89. The van der Waals surface area contributed by atoms with Gasteiger partial charge in [0, 0.05) is 12.6 Å². The summed E-state index contributed by atoms with van der Waals surface area (Å²) in [5.74, 6) is -0.275. The summed E-state index contributed by atoms with van der Waals surface area (Å²) in [5.41, 5.74) is 1.03. The minimum Gasteiger partial charge on any atom is -0.207 e. The summed E-state index contributed by atoms with van der Waals surface area (Å²) in [7, 11) is -3.48. The second-order valence-electron chi connectivity index (χ2n) is 5.06. The highest BCUT2D eigenvalue weighted by Crippen LogP contribution is 2.30. The van der Waals surface area contributed by atoms with E-state index >= 15 is 0 Å². The van der Waals surface area contributed by atoms with Crippen LogP contribution >= 0.6 is 0 Å². The zero-order valence-electron chi connectivity index (χ0n) is 11.2. The SMILES string of the molecule is Cc1ccc(S(=O)(=O)N2CCCC2C(C)C#N)cc1. The Bertz CT molecular complexity index is 587. The maximum absolute atomic E-state index is 12.6. The lowest BCUT2D eigenvalue weighted by Gasteiger charge is -2.25. The third-order valence-electron chi connectivity index (χ3n) is 3.66. The molecule has 1 heterocycles. The van der Waals surface area contributed by atoms with Gasteiger partial charge in [0.15, 0.2) is 0 Å². The zero-order chi connectivity index (χ0) is 14.0. The van der Waals surface area contributed by atoms with Crippen LogP contribution in [0.15, 0.2) is 29.2 Å². The van der Waals surface area contributed by atoms with Gasteiger partial charge in [0.1, 0.15) is 0 Å². The van der Waals surface area contributed by atoms with Crippen molar-refractivity contribution in [2.24, 2.45) is 5.92 Å². The number of sulfonamides is 1. The predicted molar refractivity (Wildman–Crippen MR) is 72.9 cm³/mol. The Kier molecular flexibility index (Phi) is 3.93. The fourth-order valence-electron chi connectivity index (χ4n) is 2.50. The molecular weight excluding hydrogens is 260 g/mol. The van der Waals surface area contributed by atoms with E-state index in [9.17, 15) is 8.42 Å². The first-order valence-electron chi connectivity index (χ1n) is 6.45. The van der Waals surface area contributed by atoms with Crippen LogP contribution in [0.4, 0.5) is 0 Å². The van der Waals surface area contributed by atoms with Crippen LogP contribution in [-0.4, -0.2) is 25.3 Å². The average molecular weight is 278 g/mol. The molecule has 0 N–H and O–H groups in total. The Morgan fingerprint density at radius 3 is 2.58 bits per heavy atom. The Labute approximate surface area is 114 Å². The molecule has 1 aromatic rings. The lowest BCUT2D eigenvalue weighted by Crippen LogP contribution is -2.38. The van der Waals surface area contributed by atoms with Crippen LogP contribution in [0.3, 0.4) is 0 Å². The number of nitriles is 1. The highest BCUT2D eigenvalue weighted by atomic mass is 32.2. The molecule has 0 aromatic heterocycles. The first kappa shape index (κ1) is 14.0. The first-order valence-corrected chi connectivity index (χ1v) is 7.89.